The van der Waals surface area contributed by atoms with Crippen LogP contribution in [-0.4, -0.2) is 18.2 Å². The lowest BCUT2D eigenvalue weighted by molar-refractivity contribution is -0.117. The van der Waals surface area contributed by atoms with Crippen molar-refractivity contribution in [2.45, 2.75) is 13.3 Å². The molecule has 2 nitrogen and oxygen atoms in total. The van der Waals surface area contributed by atoms with Crippen LogP contribution in [0.15, 0.2) is 21.1 Å². The summed E-state index contributed by atoms with van der Waals surface area (Å²) >= 11 is 11.3. The number of benzene rings is 1. The number of hydrogen-bond acceptors (Lipinski definition) is 2. The maximum absolute atomic E-state index is 12.0. The van der Waals surface area contributed by atoms with Gasteiger partial charge in [-0.3, -0.25) is 4.79 Å². The van der Waals surface area contributed by atoms with E-state index in [9.17, 15) is 4.79 Å². The summed E-state index contributed by atoms with van der Waals surface area (Å²) in [5, 5.41) is 0. The molecule has 0 aromatic heterocycles. The Bertz CT molecular complexity index is 441. The van der Waals surface area contributed by atoms with Crippen molar-refractivity contribution in [2.75, 3.05) is 17.2 Å². The minimum absolute atomic E-state index is 0.175. The number of aryl methyl sites for hydroxylation is 1. The van der Waals surface area contributed by atoms with Gasteiger partial charge in [0, 0.05) is 21.9 Å². The second-order valence-electron chi connectivity index (χ2n) is 4.33. The fourth-order valence-corrected chi connectivity index (χ4v) is 4.16. The monoisotopic (exact) mass is 377 g/mol. The van der Waals surface area contributed by atoms with Crippen molar-refractivity contribution in [2.24, 2.45) is 5.92 Å². The highest BCUT2D eigenvalue weighted by molar-refractivity contribution is 9.11. The molecule has 0 aliphatic carbocycles. The van der Waals surface area contributed by atoms with Gasteiger partial charge in [-0.05, 0) is 68.2 Å². The quantitative estimate of drug-likeness (QED) is 0.776. The number of amides is 1. The molecular formula is C12H13Br2NOS. The highest BCUT2D eigenvalue weighted by Crippen LogP contribution is 2.38. The van der Waals surface area contributed by atoms with E-state index in [2.05, 4.69) is 44.5 Å². The normalized spacial score (nSPS) is 20.1. The first-order valence-electron chi connectivity index (χ1n) is 5.39. The Balaban J connectivity index is 2.38. The number of hydrogen-bond donors (Lipinski definition) is 1. The molecule has 1 atom stereocenters. The summed E-state index contributed by atoms with van der Waals surface area (Å²) in [5.74, 6) is 1.28. The number of anilines is 1. The number of thiol groups is 1. The fraction of sp³-hybridized carbons (Fsp3) is 0.417. The van der Waals surface area contributed by atoms with Crippen LogP contribution >= 0.6 is 44.5 Å². The predicted octanol–water partition coefficient (Wildman–Crippen LogP) is 3.80. The summed E-state index contributed by atoms with van der Waals surface area (Å²) < 4.78 is 1.91. The minimum Gasteiger partial charge on any atom is -0.310 e. The van der Waals surface area contributed by atoms with Crippen LogP contribution in [0.25, 0.3) is 0 Å². The molecule has 1 amide bonds. The van der Waals surface area contributed by atoms with Crippen molar-refractivity contribution in [3.63, 3.8) is 0 Å². The van der Waals surface area contributed by atoms with E-state index in [4.69, 9.17) is 0 Å². The number of carbonyl (C=O) groups excluding carboxylic acids is 1. The zero-order chi connectivity index (χ0) is 12.6. The predicted molar refractivity (Wildman–Crippen MR) is 80.9 cm³/mol. The molecular weight excluding hydrogens is 366 g/mol. The second-order valence-corrected chi connectivity index (χ2v) is 6.41. The third kappa shape index (κ3) is 2.71. The Labute approximate surface area is 123 Å². The van der Waals surface area contributed by atoms with Gasteiger partial charge in [-0.2, -0.15) is 12.6 Å². The average Bonchev–Trinajstić information content (AvgIpc) is 2.59. The molecule has 0 N–H and O–H groups in total. The zero-order valence-corrected chi connectivity index (χ0v) is 13.5. The summed E-state index contributed by atoms with van der Waals surface area (Å²) in [7, 11) is 0. The summed E-state index contributed by atoms with van der Waals surface area (Å²) in [6.45, 7) is 2.78. The molecule has 0 saturated carbocycles. The third-order valence-electron chi connectivity index (χ3n) is 2.89. The lowest BCUT2D eigenvalue weighted by atomic mass is 10.1. The van der Waals surface area contributed by atoms with E-state index in [1.54, 1.807) is 0 Å². The molecule has 1 unspecified atom stereocenters. The standard InChI is InChI=1S/C12H13Br2NOS/c1-7-2-9(13)12(10(14)3-7)15-5-8(6-17)4-11(15)16/h2-3,8,17H,4-6H2,1H3. The molecule has 1 heterocycles. The zero-order valence-electron chi connectivity index (χ0n) is 9.41. The highest BCUT2D eigenvalue weighted by atomic mass is 79.9. The number of nitrogens with zero attached hydrogens (tertiary/aromatic N) is 1. The molecule has 92 valence electrons. The molecule has 0 radical (unpaired) electrons. The van der Waals surface area contributed by atoms with E-state index < -0.39 is 0 Å². The first-order chi connectivity index (χ1) is 8.02. The van der Waals surface area contributed by atoms with Gasteiger partial charge in [0.05, 0.1) is 5.69 Å². The lowest BCUT2D eigenvalue weighted by Crippen LogP contribution is -2.25. The topological polar surface area (TPSA) is 20.3 Å². The Hall–Kier alpha value is -0.000000000000000111. The van der Waals surface area contributed by atoms with Gasteiger partial charge < -0.3 is 4.90 Å². The molecule has 1 aromatic carbocycles. The maximum atomic E-state index is 12.0. The second kappa shape index (κ2) is 5.33. The highest BCUT2D eigenvalue weighted by Gasteiger charge is 2.31. The van der Waals surface area contributed by atoms with Gasteiger partial charge in [0.1, 0.15) is 0 Å². The summed E-state index contributed by atoms with van der Waals surface area (Å²) in [5.41, 5.74) is 2.09. The molecule has 1 fully saturated rings. The molecule has 1 saturated heterocycles. The summed E-state index contributed by atoms with van der Waals surface area (Å²) in [4.78, 5) is 13.8. The molecule has 0 spiro atoms. The van der Waals surface area contributed by atoms with Gasteiger partial charge in [-0.15, -0.1) is 0 Å². The van der Waals surface area contributed by atoms with Crippen molar-refractivity contribution in [1.82, 2.24) is 0 Å². The van der Waals surface area contributed by atoms with Crippen LogP contribution in [0, 0.1) is 12.8 Å². The Morgan fingerprint density at radius 2 is 2.00 bits per heavy atom. The Kier molecular flexibility index (Phi) is 4.21. The van der Waals surface area contributed by atoms with Gasteiger partial charge in [0.2, 0.25) is 5.91 Å². The SMILES string of the molecule is Cc1cc(Br)c(N2CC(CS)CC2=O)c(Br)c1. The van der Waals surface area contributed by atoms with Crippen LogP contribution < -0.4 is 4.90 Å². The average molecular weight is 379 g/mol. The molecule has 1 aliphatic heterocycles. The van der Waals surface area contributed by atoms with Crippen LogP contribution in [-0.2, 0) is 4.79 Å². The first kappa shape index (κ1) is 13.4. The molecule has 2 rings (SSSR count). The molecule has 5 heteroatoms. The molecule has 17 heavy (non-hydrogen) atoms. The fourth-order valence-electron chi connectivity index (χ4n) is 2.07. The minimum atomic E-state index is 0.175. The number of carbonyl (C=O) groups is 1. The maximum Gasteiger partial charge on any atom is 0.227 e. The molecule has 0 bridgehead atoms. The van der Waals surface area contributed by atoms with Gasteiger partial charge in [-0.25, -0.2) is 0 Å². The van der Waals surface area contributed by atoms with Crippen LogP contribution in [0.3, 0.4) is 0 Å². The van der Waals surface area contributed by atoms with Crippen molar-refractivity contribution >= 4 is 56.1 Å². The van der Waals surface area contributed by atoms with Crippen LogP contribution in [0.1, 0.15) is 12.0 Å². The molecule has 1 aromatic rings. The lowest BCUT2D eigenvalue weighted by Gasteiger charge is -2.20. The number of halogens is 2. The summed E-state index contributed by atoms with van der Waals surface area (Å²) in [6, 6.07) is 4.06. The van der Waals surface area contributed by atoms with Gasteiger partial charge in [-0.1, -0.05) is 0 Å². The summed E-state index contributed by atoms with van der Waals surface area (Å²) in [6.07, 6.45) is 0.594. The van der Waals surface area contributed by atoms with Crippen LogP contribution in [0.4, 0.5) is 5.69 Å². The van der Waals surface area contributed by atoms with Crippen molar-refractivity contribution in [1.29, 1.82) is 0 Å². The van der Waals surface area contributed by atoms with E-state index in [0.717, 1.165) is 32.5 Å². The van der Waals surface area contributed by atoms with Crippen molar-refractivity contribution in [3.8, 4) is 0 Å². The van der Waals surface area contributed by atoms with E-state index in [1.165, 1.54) is 0 Å². The van der Waals surface area contributed by atoms with Gasteiger partial charge in [0.15, 0.2) is 0 Å². The first-order valence-corrected chi connectivity index (χ1v) is 7.61. The largest absolute Gasteiger partial charge is 0.310 e. The van der Waals surface area contributed by atoms with E-state index >= 15 is 0 Å². The Morgan fingerprint density at radius 3 is 2.47 bits per heavy atom. The van der Waals surface area contributed by atoms with Crippen LogP contribution in [0.2, 0.25) is 0 Å². The van der Waals surface area contributed by atoms with E-state index in [-0.39, 0.29) is 5.91 Å². The Morgan fingerprint density at radius 1 is 1.41 bits per heavy atom. The van der Waals surface area contributed by atoms with E-state index in [0.29, 0.717) is 12.3 Å². The van der Waals surface area contributed by atoms with Crippen molar-refractivity contribution < 1.29 is 4.79 Å². The van der Waals surface area contributed by atoms with Crippen molar-refractivity contribution in [3.05, 3.63) is 26.6 Å². The van der Waals surface area contributed by atoms with Crippen LogP contribution in [0.5, 0.6) is 0 Å². The molecule has 1 aliphatic rings. The van der Waals surface area contributed by atoms with Gasteiger partial charge in [0.25, 0.3) is 0 Å². The third-order valence-corrected chi connectivity index (χ3v) is 4.62. The smallest absolute Gasteiger partial charge is 0.227 e. The number of rotatable bonds is 2. The van der Waals surface area contributed by atoms with E-state index in [1.807, 2.05) is 24.0 Å². The van der Waals surface area contributed by atoms with Gasteiger partial charge >= 0.3 is 0 Å².